The summed E-state index contributed by atoms with van der Waals surface area (Å²) >= 11 is 0. The number of rotatable bonds is 13. The van der Waals surface area contributed by atoms with E-state index in [0.29, 0.717) is 67.3 Å². The van der Waals surface area contributed by atoms with Gasteiger partial charge in [0.2, 0.25) is 23.0 Å². The average Bonchev–Trinajstić information content (AvgIpc) is 3.25. The van der Waals surface area contributed by atoms with Gasteiger partial charge < -0.3 is 34.9 Å². The zero-order valence-electron chi connectivity index (χ0n) is 25.7. The number of anilines is 1. The molecule has 0 radical (unpaired) electrons. The molecule has 2 aromatic rings. The highest BCUT2D eigenvalue weighted by Gasteiger charge is 2.29. The molecule has 2 amide bonds. The number of methoxy groups -OCH3 is 3. The fraction of sp³-hybridized carbons (Fsp3) is 0.531. The van der Waals surface area contributed by atoms with E-state index in [0.717, 1.165) is 56.0 Å². The number of carbonyl (C=O) groups excluding carboxylic acids is 2. The maximum Gasteiger partial charge on any atom is 0.220 e. The molecule has 1 heterocycles. The molecule has 0 bridgehead atoms. The molecule has 2 aliphatic rings. The van der Waals surface area contributed by atoms with Gasteiger partial charge in [-0.3, -0.25) is 19.3 Å². The molecule has 1 atom stereocenters. The summed E-state index contributed by atoms with van der Waals surface area (Å²) in [4.78, 5) is 40.2. The summed E-state index contributed by atoms with van der Waals surface area (Å²) in [5.41, 5.74) is 3.45. The number of amides is 2. The van der Waals surface area contributed by atoms with Crippen LogP contribution in [-0.2, 0) is 20.7 Å². The molecule has 1 unspecified atom stereocenters. The molecule has 1 fully saturated rings. The Morgan fingerprint density at radius 3 is 2.47 bits per heavy atom. The van der Waals surface area contributed by atoms with Crippen molar-refractivity contribution < 1.29 is 28.5 Å². The van der Waals surface area contributed by atoms with Crippen molar-refractivity contribution >= 4 is 17.5 Å². The van der Waals surface area contributed by atoms with E-state index in [4.69, 9.17) is 18.9 Å². The number of fused-ring (bicyclic) bond motifs is 3. The molecule has 43 heavy (non-hydrogen) atoms. The second-order valence-electron chi connectivity index (χ2n) is 10.8. The van der Waals surface area contributed by atoms with Crippen LogP contribution in [0.3, 0.4) is 0 Å². The van der Waals surface area contributed by atoms with Gasteiger partial charge in [-0.15, -0.1) is 0 Å². The summed E-state index contributed by atoms with van der Waals surface area (Å²) in [6.07, 6.45) is 3.07. The third-order valence-electron chi connectivity index (χ3n) is 7.89. The molecule has 0 aromatic heterocycles. The minimum absolute atomic E-state index is 0.00248. The monoisotopic (exact) mass is 596 g/mol. The average molecular weight is 597 g/mol. The predicted octanol–water partition coefficient (Wildman–Crippen LogP) is 2.89. The summed E-state index contributed by atoms with van der Waals surface area (Å²) in [5, 5.41) is 9.22. The third kappa shape index (κ3) is 8.17. The molecule has 2 aromatic carbocycles. The maximum absolute atomic E-state index is 13.4. The van der Waals surface area contributed by atoms with Crippen LogP contribution in [0.5, 0.6) is 17.2 Å². The summed E-state index contributed by atoms with van der Waals surface area (Å²) in [7, 11) is 4.70. The van der Waals surface area contributed by atoms with Crippen LogP contribution in [0.2, 0.25) is 0 Å². The lowest BCUT2D eigenvalue weighted by Gasteiger charge is -2.26. The first-order chi connectivity index (χ1) is 20.9. The highest BCUT2D eigenvalue weighted by Crippen LogP contribution is 2.50. The molecule has 0 saturated carbocycles. The van der Waals surface area contributed by atoms with E-state index in [1.165, 1.54) is 6.92 Å². The molecule has 3 N–H and O–H groups in total. The van der Waals surface area contributed by atoms with Gasteiger partial charge in [0.25, 0.3) is 0 Å². The Labute approximate surface area is 253 Å². The van der Waals surface area contributed by atoms with Gasteiger partial charge in [0.05, 0.1) is 46.3 Å². The van der Waals surface area contributed by atoms with Crippen molar-refractivity contribution in [2.45, 2.75) is 45.1 Å². The topological polar surface area (TPSA) is 127 Å². The van der Waals surface area contributed by atoms with Crippen molar-refractivity contribution in [3.63, 3.8) is 0 Å². The van der Waals surface area contributed by atoms with Gasteiger partial charge in [-0.25, -0.2) is 0 Å². The molecular weight excluding hydrogens is 552 g/mol. The van der Waals surface area contributed by atoms with Gasteiger partial charge in [-0.05, 0) is 67.1 Å². The van der Waals surface area contributed by atoms with Gasteiger partial charge in [-0.1, -0.05) is 6.07 Å². The van der Waals surface area contributed by atoms with Crippen LogP contribution in [-0.4, -0.2) is 84.0 Å². The minimum atomic E-state index is -0.374. The quantitative estimate of drug-likeness (QED) is 0.299. The van der Waals surface area contributed by atoms with Crippen LogP contribution in [0, 0.1) is 0 Å². The molecule has 1 aliphatic heterocycles. The standard InChI is InChI=1S/C32H44N4O7/c1-21(37)35-25-10-8-22-19-28(40-2)31(41-3)32(42-4)30(22)23-9-11-26(27(38)20-24(23)25)33-12-5-7-29(39)34-13-6-14-36-15-17-43-18-16-36/h9,11,19-20,25H,5-8,10,12-18H2,1-4H3,(H,33,38)(H,34,39)(H,35,37). The highest BCUT2D eigenvalue weighted by molar-refractivity contribution is 5.83. The number of aryl methyl sites for hydroxylation is 1. The van der Waals surface area contributed by atoms with Crippen molar-refractivity contribution in [2.24, 2.45) is 0 Å². The first-order valence-corrected chi connectivity index (χ1v) is 14.9. The molecule has 11 nitrogen and oxygen atoms in total. The molecule has 4 rings (SSSR count). The minimum Gasteiger partial charge on any atom is -0.493 e. The Kier molecular flexibility index (Phi) is 11.6. The number of morpholine rings is 1. The van der Waals surface area contributed by atoms with E-state index in [-0.39, 0.29) is 23.3 Å². The predicted molar refractivity (Wildman–Crippen MR) is 165 cm³/mol. The van der Waals surface area contributed by atoms with E-state index in [9.17, 15) is 14.4 Å². The van der Waals surface area contributed by atoms with Crippen LogP contribution in [0.1, 0.15) is 49.8 Å². The first kappa shape index (κ1) is 32.1. The van der Waals surface area contributed by atoms with Gasteiger partial charge >= 0.3 is 0 Å². The van der Waals surface area contributed by atoms with E-state index < -0.39 is 0 Å². The molecule has 11 heteroatoms. The third-order valence-corrected chi connectivity index (χ3v) is 7.89. The van der Waals surface area contributed by atoms with Gasteiger partial charge in [0.15, 0.2) is 11.5 Å². The highest BCUT2D eigenvalue weighted by atomic mass is 16.5. The number of carbonyl (C=O) groups is 2. The SMILES string of the molecule is COc1cc2c(c(OC)c1OC)-c1ccc(NCCCC(=O)NCCCN3CCOCC3)c(=O)cc1C(NC(C)=O)CC2. The second-order valence-corrected chi connectivity index (χ2v) is 10.8. The van der Waals surface area contributed by atoms with Crippen LogP contribution in [0.15, 0.2) is 29.1 Å². The largest absolute Gasteiger partial charge is 0.493 e. The van der Waals surface area contributed by atoms with Crippen molar-refractivity contribution in [2.75, 3.05) is 72.6 Å². The first-order valence-electron chi connectivity index (χ1n) is 14.9. The fourth-order valence-corrected chi connectivity index (χ4v) is 5.77. The smallest absolute Gasteiger partial charge is 0.220 e. The second kappa shape index (κ2) is 15.6. The molecule has 1 saturated heterocycles. The Bertz CT molecular complexity index is 1340. The van der Waals surface area contributed by atoms with Gasteiger partial charge in [0.1, 0.15) is 0 Å². The van der Waals surface area contributed by atoms with Crippen LogP contribution in [0.4, 0.5) is 5.69 Å². The summed E-state index contributed by atoms with van der Waals surface area (Å²) in [5.74, 6) is 1.33. The summed E-state index contributed by atoms with van der Waals surface area (Å²) in [6.45, 7) is 6.96. The summed E-state index contributed by atoms with van der Waals surface area (Å²) < 4.78 is 22.4. The molecular formula is C32H44N4O7. The van der Waals surface area contributed by atoms with Crippen molar-refractivity contribution in [3.8, 4) is 28.4 Å². The maximum atomic E-state index is 13.4. The Morgan fingerprint density at radius 1 is 1.00 bits per heavy atom. The van der Waals surface area contributed by atoms with E-state index >= 15 is 0 Å². The lowest BCUT2D eigenvalue weighted by molar-refractivity contribution is -0.121. The Balaban J connectivity index is 1.48. The van der Waals surface area contributed by atoms with Crippen LogP contribution < -0.4 is 35.6 Å². The zero-order chi connectivity index (χ0) is 30.8. The number of hydrogen-bond donors (Lipinski definition) is 3. The van der Waals surface area contributed by atoms with Crippen molar-refractivity contribution in [3.05, 3.63) is 45.6 Å². The number of benzene rings is 1. The normalized spacial score (nSPS) is 16.2. The number of nitrogens with one attached hydrogen (secondary N) is 3. The van der Waals surface area contributed by atoms with Crippen molar-refractivity contribution in [1.29, 1.82) is 0 Å². The molecule has 0 spiro atoms. The Hall–Kier alpha value is -3.83. The zero-order valence-corrected chi connectivity index (χ0v) is 25.7. The number of ether oxygens (including phenoxy) is 4. The Morgan fingerprint density at radius 2 is 1.77 bits per heavy atom. The molecule has 1 aliphatic carbocycles. The molecule has 234 valence electrons. The van der Waals surface area contributed by atoms with Crippen LogP contribution >= 0.6 is 0 Å². The lowest BCUT2D eigenvalue weighted by atomic mass is 9.95. The fourth-order valence-electron chi connectivity index (χ4n) is 5.77. The van der Waals surface area contributed by atoms with Crippen molar-refractivity contribution in [1.82, 2.24) is 15.5 Å². The van der Waals surface area contributed by atoms with E-state index in [2.05, 4.69) is 20.9 Å². The number of nitrogens with zero attached hydrogens (tertiary/aromatic N) is 1. The summed E-state index contributed by atoms with van der Waals surface area (Å²) in [6, 6.07) is 6.78. The lowest BCUT2D eigenvalue weighted by Crippen LogP contribution is -2.38. The van der Waals surface area contributed by atoms with E-state index in [1.807, 2.05) is 12.1 Å². The van der Waals surface area contributed by atoms with Gasteiger partial charge in [0, 0.05) is 45.1 Å². The number of hydrogen-bond acceptors (Lipinski definition) is 9. The van der Waals surface area contributed by atoms with Gasteiger partial charge in [-0.2, -0.15) is 0 Å². The van der Waals surface area contributed by atoms with Crippen LogP contribution in [0.25, 0.3) is 11.1 Å². The van der Waals surface area contributed by atoms with E-state index in [1.54, 1.807) is 33.5 Å².